The molecule has 0 saturated carbocycles. The van der Waals surface area contributed by atoms with E-state index in [1.54, 1.807) is 24.3 Å². The van der Waals surface area contributed by atoms with Crippen LogP contribution in [0.15, 0.2) is 70.2 Å². The monoisotopic (exact) mass is 410 g/mol. The molecule has 3 aromatic rings. The van der Waals surface area contributed by atoms with Gasteiger partial charge in [-0.05, 0) is 35.7 Å². The molecule has 8 nitrogen and oxygen atoms in total. The standard InChI is InChI=1S/C20H14N2O6S/c23-18(12-5-7-13(8-6-12)22(26)27)16-17(15-4-2-10-29-15)21(20(25)19(16)24)11-14-3-1-9-28-14/h1-10,17,23H,11H2/b18-16-. The Hall–Kier alpha value is -3.72. The number of nitro groups is 1. The third-order valence-corrected chi connectivity index (χ3v) is 5.54. The maximum absolute atomic E-state index is 12.8. The number of carbonyl (C=O) groups is 2. The minimum absolute atomic E-state index is 0.0575. The van der Waals surface area contributed by atoms with E-state index in [4.69, 9.17) is 4.42 Å². The first-order chi connectivity index (χ1) is 14.0. The molecular weight excluding hydrogens is 396 g/mol. The van der Waals surface area contributed by atoms with Crippen LogP contribution in [-0.4, -0.2) is 26.6 Å². The Morgan fingerprint density at radius 2 is 1.93 bits per heavy atom. The van der Waals surface area contributed by atoms with Gasteiger partial charge in [-0.2, -0.15) is 0 Å². The van der Waals surface area contributed by atoms with Crippen LogP contribution in [0.4, 0.5) is 5.69 Å². The summed E-state index contributed by atoms with van der Waals surface area (Å²) in [6.07, 6.45) is 1.48. The van der Waals surface area contributed by atoms with Crippen molar-refractivity contribution >= 4 is 34.5 Å². The van der Waals surface area contributed by atoms with Crippen molar-refractivity contribution in [2.75, 3.05) is 0 Å². The molecule has 1 fully saturated rings. The van der Waals surface area contributed by atoms with Crippen molar-refractivity contribution in [1.82, 2.24) is 4.90 Å². The quantitative estimate of drug-likeness (QED) is 0.225. The lowest BCUT2D eigenvalue weighted by atomic mass is 9.99. The molecule has 1 aliphatic rings. The first-order valence-electron chi connectivity index (χ1n) is 8.56. The van der Waals surface area contributed by atoms with Gasteiger partial charge in [-0.1, -0.05) is 6.07 Å². The zero-order valence-electron chi connectivity index (χ0n) is 14.8. The van der Waals surface area contributed by atoms with Crippen molar-refractivity contribution < 1.29 is 24.0 Å². The number of hydrogen-bond acceptors (Lipinski definition) is 7. The summed E-state index contributed by atoms with van der Waals surface area (Å²) in [6, 6.07) is 11.3. The fourth-order valence-electron chi connectivity index (χ4n) is 3.25. The van der Waals surface area contributed by atoms with Gasteiger partial charge in [0.1, 0.15) is 17.6 Å². The number of nitro benzene ring substituents is 1. The van der Waals surface area contributed by atoms with Crippen LogP contribution in [0.3, 0.4) is 0 Å². The van der Waals surface area contributed by atoms with Gasteiger partial charge in [-0.15, -0.1) is 11.3 Å². The third kappa shape index (κ3) is 3.32. The molecule has 9 heteroatoms. The number of furan rings is 1. The number of rotatable bonds is 5. The van der Waals surface area contributed by atoms with Crippen molar-refractivity contribution in [3.63, 3.8) is 0 Å². The van der Waals surface area contributed by atoms with Crippen LogP contribution in [0.25, 0.3) is 5.76 Å². The van der Waals surface area contributed by atoms with E-state index in [0.29, 0.717) is 10.6 Å². The lowest BCUT2D eigenvalue weighted by Crippen LogP contribution is -2.28. The van der Waals surface area contributed by atoms with Crippen molar-refractivity contribution in [3.05, 3.63) is 92.1 Å². The first kappa shape index (κ1) is 18.6. The Morgan fingerprint density at radius 3 is 2.52 bits per heavy atom. The SMILES string of the molecule is O=C1C(=O)N(Cc2ccco2)C(c2cccs2)/C1=C(/O)c1ccc([N+](=O)[O-])cc1. The van der Waals surface area contributed by atoms with Gasteiger partial charge in [-0.3, -0.25) is 19.7 Å². The fourth-order valence-corrected chi connectivity index (χ4v) is 4.10. The molecule has 1 aromatic carbocycles. The van der Waals surface area contributed by atoms with E-state index in [9.17, 15) is 24.8 Å². The Bertz CT molecular complexity index is 1100. The molecule has 4 rings (SSSR count). The Morgan fingerprint density at radius 1 is 1.17 bits per heavy atom. The molecule has 0 bridgehead atoms. The molecule has 0 spiro atoms. The summed E-state index contributed by atoms with van der Waals surface area (Å²) in [4.78, 5) is 37.9. The number of aliphatic hydroxyl groups is 1. The summed E-state index contributed by atoms with van der Waals surface area (Å²) in [5, 5.41) is 23.5. The van der Waals surface area contributed by atoms with E-state index in [0.717, 1.165) is 0 Å². The summed E-state index contributed by atoms with van der Waals surface area (Å²) in [5.41, 5.74) is 0.0145. The predicted octanol–water partition coefficient (Wildman–Crippen LogP) is 3.87. The summed E-state index contributed by atoms with van der Waals surface area (Å²) in [6.45, 7) is 0.0666. The fraction of sp³-hybridized carbons (Fsp3) is 0.100. The molecular formula is C20H14N2O6S. The largest absolute Gasteiger partial charge is 0.507 e. The van der Waals surface area contributed by atoms with Crippen LogP contribution >= 0.6 is 11.3 Å². The number of aliphatic hydroxyl groups excluding tert-OH is 1. The maximum atomic E-state index is 12.8. The number of Topliss-reactive ketones (excluding diaryl/α,β-unsaturated/α-hetero) is 1. The summed E-state index contributed by atoms with van der Waals surface area (Å²) < 4.78 is 5.32. The smallest absolute Gasteiger partial charge is 0.296 e. The number of non-ortho nitro benzene ring substituents is 1. The molecule has 2 aromatic heterocycles. The van der Waals surface area contributed by atoms with E-state index < -0.39 is 22.7 Å². The zero-order chi connectivity index (χ0) is 20.5. The van der Waals surface area contributed by atoms with Crippen molar-refractivity contribution in [1.29, 1.82) is 0 Å². The molecule has 1 saturated heterocycles. The molecule has 1 aliphatic heterocycles. The van der Waals surface area contributed by atoms with Gasteiger partial charge >= 0.3 is 0 Å². The Kier molecular flexibility index (Phi) is 4.73. The summed E-state index contributed by atoms with van der Waals surface area (Å²) in [7, 11) is 0. The number of benzene rings is 1. The van der Waals surface area contributed by atoms with E-state index in [-0.39, 0.29) is 29.1 Å². The molecule has 1 atom stereocenters. The number of nitrogens with zero attached hydrogens (tertiary/aromatic N) is 2. The molecule has 146 valence electrons. The van der Waals surface area contributed by atoms with E-state index >= 15 is 0 Å². The summed E-state index contributed by atoms with van der Waals surface area (Å²) >= 11 is 1.35. The Balaban J connectivity index is 1.81. The van der Waals surface area contributed by atoms with Crippen LogP contribution in [0.1, 0.15) is 22.2 Å². The van der Waals surface area contributed by atoms with E-state index in [2.05, 4.69) is 0 Å². The molecule has 3 heterocycles. The minimum Gasteiger partial charge on any atom is -0.507 e. The zero-order valence-corrected chi connectivity index (χ0v) is 15.7. The second kappa shape index (κ2) is 7.36. The highest BCUT2D eigenvalue weighted by Gasteiger charge is 2.46. The van der Waals surface area contributed by atoms with Gasteiger partial charge in [0.2, 0.25) is 0 Å². The van der Waals surface area contributed by atoms with Crippen molar-refractivity contribution in [2.24, 2.45) is 0 Å². The number of ketones is 1. The van der Waals surface area contributed by atoms with Crippen LogP contribution in [0.2, 0.25) is 0 Å². The number of thiophene rings is 1. The number of amides is 1. The van der Waals surface area contributed by atoms with Gasteiger partial charge in [0, 0.05) is 22.6 Å². The molecule has 1 N–H and O–H groups in total. The van der Waals surface area contributed by atoms with Crippen LogP contribution < -0.4 is 0 Å². The average Bonchev–Trinajstić information content (AvgIpc) is 3.46. The lowest BCUT2D eigenvalue weighted by Gasteiger charge is -2.23. The molecule has 29 heavy (non-hydrogen) atoms. The molecule has 0 radical (unpaired) electrons. The Labute approximate surface area is 168 Å². The van der Waals surface area contributed by atoms with Crippen molar-refractivity contribution in [2.45, 2.75) is 12.6 Å². The van der Waals surface area contributed by atoms with Gasteiger partial charge in [0.25, 0.3) is 17.4 Å². The third-order valence-electron chi connectivity index (χ3n) is 4.61. The lowest BCUT2D eigenvalue weighted by molar-refractivity contribution is -0.384. The molecule has 1 amide bonds. The van der Waals surface area contributed by atoms with E-state index in [1.807, 2.05) is 5.38 Å². The highest BCUT2D eigenvalue weighted by molar-refractivity contribution is 7.10. The number of carbonyl (C=O) groups excluding carboxylic acids is 2. The maximum Gasteiger partial charge on any atom is 0.296 e. The second-order valence-electron chi connectivity index (χ2n) is 6.33. The van der Waals surface area contributed by atoms with Crippen molar-refractivity contribution in [3.8, 4) is 0 Å². The second-order valence-corrected chi connectivity index (χ2v) is 7.31. The predicted molar refractivity (Wildman–Crippen MR) is 104 cm³/mol. The average molecular weight is 410 g/mol. The molecule has 1 unspecified atom stereocenters. The van der Waals surface area contributed by atoms with E-state index in [1.165, 1.54) is 46.8 Å². The van der Waals surface area contributed by atoms with Crippen LogP contribution in [-0.2, 0) is 16.1 Å². The first-order valence-corrected chi connectivity index (χ1v) is 9.44. The summed E-state index contributed by atoms with van der Waals surface area (Å²) in [5.74, 6) is -1.43. The highest BCUT2D eigenvalue weighted by atomic mass is 32.1. The topological polar surface area (TPSA) is 114 Å². The highest BCUT2D eigenvalue weighted by Crippen LogP contribution is 2.41. The van der Waals surface area contributed by atoms with Gasteiger partial charge in [0.15, 0.2) is 0 Å². The normalized spacial score (nSPS) is 18.3. The number of likely N-dealkylation sites (tertiary alicyclic amines) is 1. The van der Waals surface area contributed by atoms with Gasteiger partial charge in [0.05, 0.1) is 23.3 Å². The minimum atomic E-state index is -0.814. The van der Waals surface area contributed by atoms with Crippen LogP contribution in [0.5, 0.6) is 0 Å². The number of hydrogen-bond donors (Lipinski definition) is 1. The van der Waals surface area contributed by atoms with Gasteiger partial charge < -0.3 is 14.4 Å². The van der Waals surface area contributed by atoms with Crippen LogP contribution in [0, 0.1) is 10.1 Å². The van der Waals surface area contributed by atoms with Gasteiger partial charge in [-0.25, -0.2) is 0 Å². The molecule has 0 aliphatic carbocycles.